The molecule has 7 rings (SSSR count). The minimum Gasteiger partial charge on any atom is -0.467 e. The van der Waals surface area contributed by atoms with Crippen LogP contribution in [0.3, 0.4) is 0 Å². The van der Waals surface area contributed by atoms with Gasteiger partial charge in [0.15, 0.2) is 0 Å². The van der Waals surface area contributed by atoms with Crippen LogP contribution in [0, 0.1) is 17.8 Å². The number of rotatable bonds is 5. The van der Waals surface area contributed by atoms with E-state index in [-0.39, 0.29) is 22.7 Å². The van der Waals surface area contributed by atoms with Crippen molar-refractivity contribution in [3.05, 3.63) is 59.5 Å². The first-order valence-corrected chi connectivity index (χ1v) is 12.5. The van der Waals surface area contributed by atoms with E-state index in [1.807, 2.05) is 41.3 Å². The number of benzene rings is 1. The van der Waals surface area contributed by atoms with Crippen molar-refractivity contribution in [2.75, 3.05) is 5.75 Å². The molecule has 1 aliphatic heterocycles. The van der Waals surface area contributed by atoms with Gasteiger partial charge in [0.25, 0.3) is 5.91 Å². The van der Waals surface area contributed by atoms with Crippen LogP contribution in [-0.2, 0) is 11.3 Å². The summed E-state index contributed by atoms with van der Waals surface area (Å²) in [5.74, 6) is 3.86. The lowest BCUT2D eigenvalue weighted by molar-refractivity contribution is -0.128. The smallest absolute Gasteiger partial charge is 0.251 e. The summed E-state index contributed by atoms with van der Waals surface area (Å²) in [4.78, 5) is 27.4. The van der Waals surface area contributed by atoms with Crippen molar-refractivity contribution >= 4 is 23.6 Å². The van der Waals surface area contributed by atoms with E-state index in [9.17, 15) is 9.59 Å². The Balaban J connectivity index is 1.16. The molecule has 31 heavy (non-hydrogen) atoms. The lowest BCUT2D eigenvalue weighted by Gasteiger charge is -2.56. The number of thioether (sulfide) groups is 1. The van der Waals surface area contributed by atoms with Crippen LogP contribution < -0.4 is 5.32 Å². The zero-order chi connectivity index (χ0) is 21.0. The first-order chi connectivity index (χ1) is 15.1. The summed E-state index contributed by atoms with van der Waals surface area (Å²) in [7, 11) is 0. The molecular weight excluding hydrogens is 408 g/mol. The quantitative estimate of drug-likeness (QED) is 0.735. The van der Waals surface area contributed by atoms with Crippen molar-refractivity contribution in [3.8, 4) is 0 Å². The minimum absolute atomic E-state index is 0.0259. The molecule has 162 valence electrons. The topological polar surface area (TPSA) is 62.6 Å². The molecular formula is C25H28N2O3S. The van der Waals surface area contributed by atoms with Crippen LogP contribution in [0.5, 0.6) is 0 Å². The molecule has 6 heteroatoms. The average Bonchev–Trinajstić information content (AvgIpc) is 3.37. The largest absolute Gasteiger partial charge is 0.467 e. The van der Waals surface area contributed by atoms with Gasteiger partial charge >= 0.3 is 0 Å². The Bertz CT molecular complexity index is 949. The first-order valence-electron chi connectivity index (χ1n) is 11.4. The van der Waals surface area contributed by atoms with Crippen LogP contribution in [0.15, 0.2) is 47.1 Å². The number of carbonyl (C=O) groups is 2. The van der Waals surface area contributed by atoms with Crippen LogP contribution in [0.2, 0.25) is 0 Å². The number of amides is 2. The maximum atomic E-state index is 13.1. The van der Waals surface area contributed by atoms with Gasteiger partial charge in [-0.15, -0.1) is 11.8 Å². The van der Waals surface area contributed by atoms with Crippen LogP contribution in [0.4, 0.5) is 0 Å². The highest BCUT2D eigenvalue weighted by Crippen LogP contribution is 2.55. The van der Waals surface area contributed by atoms with Gasteiger partial charge in [0.1, 0.15) is 11.1 Å². The van der Waals surface area contributed by atoms with E-state index >= 15 is 0 Å². The molecule has 1 atom stereocenters. The van der Waals surface area contributed by atoms with Gasteiger partial charge in [-0.3, -0.25) is 9.59 Å². The highest BCUT2D eigenvalue weighted by molar-refractivity contribution is 8.00. The van der Waals surface area contributed by atoms with Gasteiger partial charge in [-0.1, -0.05) is 12.1 Å². The summed E-state index contributed by atoms with van der Waals surface area (Å²) < 4.78 is 5.44. The van der Waals surface area contributed by atoms with Crippen LogP contribution in [0.25, 0.3) is 0 Å². The zero-order valence-corrected chi connectivity index (χ0v) is 18.4. The van der Waals surface area contributed by atoms with Gasteiger partial charge in [-0.05, 0) is 86.1 Å². The molecule has 5 aliphatic rings. The Hall–Kier alpha value is -2.21. The number of hydrogen-bond acceptors (Lipinski definition) is 4. The maximum Gasteiger partial charge on any atom is 0.251 e. The lowest BCUT2D eigenvalue weighted by Crippen LogP contribution is -2.59. The fourth-order valence-corrected chi connectivity index (χ4v) is 8.04. The molecule has 1 aromatic carbocycles. The summed E-state index contributed by atoms with van der Waals surface area (Å²) in [5, 5.41) is 3.41. The SMILES string of the molecule is O=C(NC12CC3CC(CC(C3)C1)C2)c1ccc([C@H]2SCC(=O)N2Cc2ccco2)cc1. The Morgan fingerprint density at radius 3 is 2.35 bits per heavy atom. The van der Waals surface area contributed by atoms with E-state index in [2.05, 4.69) is 5.32 Å². The Kier molecular flexibility index (Phi) is 4.67. The summed E-state index contributed by atoms with van der Waals surface area (Å²) in [6.07, 6.45) is 9.22. The number of furan rings is 1. The number of carbonyl (C=O) groups excluding carboxylic acids is 2. The molecule has 5 fully saturated rings. The molecule has 1 aromatic heterocycles. The molecule has 1 N–H and O–H groups in total. The van der Waals surface area contributed by atoms with Crippen molar-refractivity contribution in [2.45, 2.75) is 56.0 Å². The standard InChI is InChI=1S/C25H28N2O3S/c28-22-15-31-24(27(22)14-21-2-1-7-30-21)20-5-3-19(4-6-20)23(29)26-25-11-16-8-17(12-25)10-18(9-16)13-25/h1-7,16-18,24H,8-15H2,(H,26,29)/t16?,17?,18?,24-,25?/m1/s1. The second-order valence-electron chi connectivity index (χ2n) is 10.0. The highest BCUT2D eigenvalue weighted by atomic mass is 32.2. The fraction of sp³-hybridized carbons (Fsp3) is 0.520. The Morgan fingerprint density at radius 2 is 1.74 bits per heavy atom. The van der Waals surface area contributed by atoms with Gasteiger partial charge in [-0.2, -0.15) is 0 Å². The second kappa shape index (κ2) is 7.44. The predicted octanol–water partition coefficient (Wildman–Crippen LogP) is 4.75. The first kappa shape index (κ1) is 19.5. The van der Waals surface area contributed by atoms with Crippen LogP contribution >= 0.6 is 11.8 Å². The third-order valence-corrected chi connectivity index (χ3v) is 9.01. The molecule has 4 bridgehead atoms. The molecule has 4 saturated carbocycles. The monoisotopic (exact) mass is 436 g/mol. The normalized spacial score (nSPS) is 33.8. The third-order valence-electron chi connectivity index (χ3n) is 7.75. The van der Waals surface area contributed by atoms with Crippen molar-refractivity contribution in [2.24, 2.45) is 17.8 Å². The van der Waals surface area contributed by atoms with Gasteiger partial charge < -0.3 is 14.6 Å². The van der Waals surface area contributed by atoms with Gasteiger partial charge in [0.05, 0.1) is 18.6 Å². The molecule has 0 spiro atoms. The molecule has 0 radical (unpaired) electrons. The Morgan fingerprint density at radius 1 is 1.06 bits per heavy atom. The highest BCUT2D eigenvalue weighted by Gasteiger charge is 2.51. The van der Waals surface area contributed by atoms with Crippen molar-refractivity contribution in [3.63, 3.8) is 0 Å². The number of hydrogen-bond donors (Lipinski definition) is 1. The van der Waals surface area contributed by atoms with Gasteiger partial charge in [-0.25, -0.2) is 0 Å². The van der Waals surface area contributed by atoms with E-state index < -0.39 is 0 Å². The Labute approximate surface area is 186 Å². The second-order valence-corrected chi connectivity index (χ2v) is 11.1. The maximum absolute atomic E-state index is 13.1. The molecule has 0 unspecified atom stereocenters. The third kappa shape index (κ3) is 3.59. The van der Waals surface area contributed by atoms with Crippen LogP contribution in [-0.4, -0.2) is 28.0 Å². The molecule has 2 amide bonds. The summed E-state index contributed by atoms with van der Waals surface area (Å²) >= 11 is 1.63. The average molecular weight is 437 g/mol. The van der Waals surface area contributed by atoms with Gasteiger partial charge in [0.2, 0.25) is 5.91 Å². The number of nitrogens with one attached hydrogen (secondary N) is 1. The predicted molar refractivity (Wildman–Crippen MR) is 119 cm³/mol. The number of nitrogens with zero attached hydrogens (tertiary/aromatic N) is 1. The summed E-state index contributed by atoms with van der Waals surface area (Å²) in [6, 6.07) is 11.6. The molecule has 5 nitrogen and oxygen atoms in total. The van der Waals surface area contributed by atoms with E-state index in [0.717, 1.165) is 48.3 Å². The fourth-order valence-electron chi connectivity index (χ4n) is 6.85. The summed E-state index contributed by atoms with van der Waals surface area (Å²) in [5.41, 5.74) is 1.79. The van der Waals surface area contributed by atoms with Crippen molar-refractivity contribution in [1.29, 1.82) is 0 Å². The molecule has 2 aromatic rings. The lowest BCUT2D eigenvalue weighted by atomic mass is 9.53. The van der Waals surface area contributed by atoms with E-state index in [4.69, 9.17) is 4.42 Å². The van der Waals surface area contributed by atoms with Gasteiger partial charge in [0, 0.05) is 11.1 Å². The van der Waals surface area contributed by atoms with E-state index in [1.165, 1.54) is 19.3 Å². The molecule has 2 heterocycles. The minimum atomic E-state index is -0.0436. The van der Waals surface area contributed by atoms with E-state index in [0.29, 0.717) is 17.9 Å². The summed E-state index contributed by atoms with van der Waals surface area (Å²) in [6.45, 7) is 0.470. The van der Waals surface area contributed by atoms with Crippen molar-refractivity contribution in [1.82, 2.24) is 10.2 Å². The zero-order valence-electron chi connectivity index (χ0n) is 17.6. The molecule has 4 aliphatic carbocycles. The van der Waals surface area contributed by atoms with Crippen LogP contribution in [0.1, 0.15) is 65.6 Å². The van der Waals surface area contributed by atoms with Crippen molar-refractivity contribution < 1.29 is 14.0 Å². The van der Waals surface area contributed by atoms with E-state index in [1.54, 1.807) is 18.0 Å². The molecule has 1 saturated heterocycles.